The summed E-state index contributed by atoms with van der Waals surface area (Å²) in [5.74, 6) is 0.124. The van der Waals surface area contributed by atoms with Crippen molar-refractivity contribution in [1.82, 2.24) is 10.6 Å². The van der Waals surface area contributed by atoms with E-state index >= 15 is 0 Å². The van der Waals surface area contributed by atoms with E-state index in [1.807, 2.05) is 13.0 Å². The summed E-state index contributed by atoms with van der Waals surface area (Å²) in [4.78, 5) is 11.8. The summed E-state index contributed by atoms with van der Waals surface area (Å²) in [6.07, 6.45) is 2.48. The van der Waals surface area contributed by atoms with Crippen molar-refractivity contribution in [2.45, 2.75) is 45.6 Å². The summed E-state index contributed by atoms with van der Waals surface area (Å²) in [7, 11) is 0. The molecule has 3 nitrogen and oxygen atoms in total. The lowest BCUT2D eigenvalue weighted by Crippen LogP contribution is -2.44. The van der Waals surface area contributed by atoms with Gasteiger partial charge in [-0.15, -0.1) is 0 Å². The zero-order valence-electron chi connectivity index (χ0n) is 12.3. The fraction of sp³-hybridized carbons (Fsp3) is 0.562. The van der Waals surface area contributed by atoms with E-state index in [1.165, 1.54) is 5.56 Å². The molecule has 19 heavy (non-hydrogen) atoms. The van der Waals surface area contributed by atoms with E-state index < -0.39 is 0 Å². The Morgan fingerprint density at radius 2 is 1.89 bits per heavy atom. The molecule has 0 radical (unpaired) electrons. The highest BCUT2D eigenvalue weighted by Crippen LogP contribution is 2.13. The predicted molar refractivity (Wildman–Crippen MR) is 80.1 cm³/mol. The minimum Gasteiger partial charge on any atom is -0.351 e. The standard InChI is InChI=1S/C16H26N2O/c1-4-17-13-11-15(19)18-16(2,3)12-10-14-8-6-5-7-9-14/h5-9,17H,4,10-13H2,1-3H3,(H,18,19). The van der Waals surface area contributed by atoms with Crippen LogP contribution < -0.4 is 10.6 Å². The van der Waals surface area contributed by atoms with Crippen molar-refractivity contribution in [3.63, 3.8) is 0 Å². The first-order valence-corrected chi connectivity index (χ1v) is 7.09. The van der Waals surface area contributed by atoms with Crippen molar-refractivity contribution in [2.24, 2.45) is 0 Å². The fourth-order valence-electron chi connectivity index (χ4n) is 1.98. The number of amides is 1. The van der Waals surface area contributed by atoms with Crippen LogP contribution in [0.25, 0.3) is 0 Å². The number of carbonyl (C=O) groups is 1. The Morgan fingerprint density at radius 3 is 2.53 bits per heavy atom. The molecule has 1 aromatic carbocycles. The molecular formula is C16H26N2O. The normalized spacial score (nSPS) is 11.3. The third-order valence-electron chi connectivity index (χ3n) is 3.14. The van der Waals surface area contributed by atoms with Gasteiger partial charge in [0.15, 0.2) is 0 Å². The Labute approximate surface area is 116 Å². The van der Waals surface area contributed by atoms with Crippen molar-refractivity contribution in [3.8, 4) is 0 Å². The number of hydrogen-bond acceptors (Lipinski definition) is 2. The van der Waals surface area contributed by atoms with E-state index in [4.69, 9.17) is 0 Å². The molecule has 1 amide bonds. The summed E-state index contributed by atoms with van der Waals surface area (Å²) >= 11 is 0. The smallest absolute Gasteiger partial charge is 0.221 e. The molecule has 1 aromatic rings. The van der Waals surface area contributed by atoms with Crippen LogP contribution in [-0.4, -0.2) is 24.5 Å². The van der Waals surface area contributed by atoms with Crippen LogP contribution in [0.1, 0.15) is 39.2 Å². The van der Waals surface area contributed by atoms with E-state index in [0.717, 1.165) is 25.9 Å². The second-order valence-corrected chi connectivity index (χ2v) is 5.52. The molecule has 0 saturated heterocycles. The maximum atomic E-state index is 11.8. The molecule has 2 N–H and O–H groups in total. The molecule has 106 valence electrons. The first-order chi connectivity index (χ1) is 9.03. The lowest BCUT2D eigenvalue weighted by molar-refractivity contribution is -0.122. The van der Waals surface area contributed by atoms with Crippen LogP contribution >= 0.6 is 0 Å². The molecule has 0 unspecified atom stereocenters. The van der Waals surface area contributed by atoms with Crippen molar-refractivity contribution < 1.29 is 4.79 Å². The molecule has 0 spiro atoms. The number of benzene rings is 1. The SMILES string of the molecule is CCNCCC(=O)NC(C)(C)CCc1ccccc1. The average molecular weight is 262 g/mol. The van der Waals surface area contributed by atoms with Gasteiger partial charge in [0, 0.05) is 18.5 Å². The number of nitrogens with one attached hydrogen (secondary N) is 2. The number of carbonyl (C=O) groups excluding carboxylic acids is 1. The van der Waals surface area contributed by atoms with Crippen molar-refractivity contribution >= 4 is 5.91 Å². The van der Waals surface area contributed by atoms with Crippen LogP contribution in [0.2, 0.25) is 0 Å². The number of hydrogen-bond donors (Lipinski definition) is 2. The topological polar surface area (TPSA) is 41.1 Å². The lowest BCUT2D eigenvalue weighted by Gasteiger charge is -2.26. The fourth-order valence-corrected chi connectivity index (χ4v) is 1.98. The molecule has 0 atom stereocenters. The molecular weight excluding hydrogens is 236 g/mol. The zero-order chi connectivity index (χ0) is 14.1. The molecule has 0 aliphatic carbocycles. The summed E-state index contributed by atoms with van der Waals surface area (Å²) in [6, 6.07) is 10.4. The minimum absolute atomic E-state index is 0.124. The highest BCUT2D eigenvalue weighted by molar-refractivity contribution is 5.76. The monoisotopic (exact) mass is 262 g/mol. The highest BCUT2D eigenvalue weighted by Gasteiger charge is 2.19. The predicted octanol–water partition coefficient (Wildman–Crippen LogP) is 2.51. The molecule has 1 rings (SSSR count). The maximum absolute atomic E-state index is 11.8. The third kappa shape index (κ3) is 6.97. The second kappa shape index (κ2) is 7.95. The van der Waals surface area contributed by atoms with Crippen molar-refractivity contribution in [3.05, 3.63) is 35.9 Å². The van der Waals surface area contributed by atoms with E-state index in [2.05, 4.69) is 48.7 Å². The Hall–Kier alpha value is -1.35. The van der Waals surface area contributed by atoms with E-state index in [9.17, 15) is 4.79 Å². The van der Waals surface area contributed by atoms with Gasteiger partial charge in [0.25, 0.3) is 0 Å². The molecule has 0 fully saturated rings. The second-order valence-electron chi connectivity index (χ2n) is 5.52. The number of rotatable bonds is 8. The molecule has 0 saturated carbocycles. The van der Waals surface area contributed by atoms with E-state index in [-0.39, 0.29) is 11.4 Å². The van der Waals surface area contributed by atoms with Gasteiger partial charge in [-0.3, -0.25) is 4.79 Å². The zero-order valence-corrected chi connectivity index (χ0v) is 12.3. The Balaban J connectivity index is 2.32. The Kier molecular flexibility index (Phi) is 6.57. The van der Waals surface area contributed by atoms with Gasteiger partial charge in [-0.1, -0.05) is 37.3 Å². The molecule has 0 bridgehead atoms. The Morgan fingerprint density at radius 1 is 1.21 bits per heavy atom. The van der Waals surface area contributed by atoms with Crippen LogP contribution in [0.15, 0.2) is 30.3 Å². The largest absolute Gasteiger partial charge is 0.351 e. The van der Waals surface area contributed by atoms with Crippen molar-refractivity contribution in [1.29, 1.82) is 0 Å². The quantitative estimate of drug-likeness (QED) is 0.707. The van der Waals surface area contributed by atoms with E-state index in [1.54, 1.807) is 0 Å². The molecule has 0 aliphatic heterocycles. The molecule has 3 heteroatoms. The van der Waals surface area contributed by atoms with Gasteiger partial charge in [0.2, 0.25) is 5.91 Å². The summed E-state index contributed by atoms with van der Waals surface area (Å²) in [5.41, 5.74) is 1.16. The molecule has 0 aliphatic rings. The van der Waals surface area contributed by atoms with Crippen LogP contribution in [0.3, 0.4) is 0 Å². The van der Waals surface area contributed by atoms with Gasteiger partial charge < -0.3 is 10.6 Å². The van der Waals surface area contributed by atoms with Crippen LogP contribution in [-0.2, 0) is 11.2 Å². The average Bonchev–Trinajstić information content (AvgIpc) is 2.37. The van der Waals surface area contributed by atoms with Crippen LogP contribution in [0.4, 0.5) is 0 Å². The summed E-state index contributed by atoms with van der Waals surface area (Å²) in [6.45, 7) is 7.87. The summed E-state index contributed by atoms with van der Waals surface area (Å²) in [5, 5.41) is 6.27. The first-order valence-electron chi connectivity index (χ1n) is 7.09. The van der Waals surface area contributed by atoms with Gasteiger partial charge >= 0.3 is 0 Å². The van der Waals surface area contributed by atoms with Crippen LogP contribution in [0, 0.1) is 0 Å². The van der Waals surface area contributed by atoms with Gasteiger partial charge in [0.05, 0.1) is 0 Å². The highest BCUT2D eigenvalue weighted by atomic mass is 16.1. The summed E-state index contributed by atoms with van der Waals surface area (Å²) < 4.78 is 0. The number of aryl methyl sites for hydroxylation is 1. The van der Waals surface area contributed by atoms with Gasteiger partial charge in [-0.25, -0.2) is 0 Å². The van der Waals surface area contributed by atoms with Crippen molar-refractivity contribution in [2.75, 3.05) is 13.1 Å². The van der Waals surface area contributed by atoms with Gasteiger partial charge in [-0.2, -0.15) is 0 Å². The maximum Gasteiger partial charge on any atom is 0.221 e. The van der Waals surface area contributed by atoms with Crippen LogP contribution in [0.5, 0.6) is 0 Å². The Bertz CT molecular complexity index is 374. The van der Waals surface area contributed by atoms with Gasteiger partial charge in [0.1, 0.15) is 0 Å². The van der Waals surface area contributed by atoms with Gasteiger partial charge in [-0.05, 0) is 38.8 Å². The first kappa shape index (κ1) is 15.7. The lowest BCUT2D eigenvalue weighted by atomic mass is 9.95. The third-order valence-corrected chi connectivity index (χ3v) is 3.14. The molecule has 0 aromatic heterocycles. The van der Waals surface area contributed by atoms with E-state index in [0.29, 0.717) is 6.42 Å². The molecule has 0 heterocycles. The minimum atomic E-state index is -0.154.